The van der Waals surface area contributed by atoms with Gasteiger partial charge in [0, 0.05) is 17.8 Å². The van der Waals surface area contributed by atoms with E-state index in [1.54, 1.807) is 38.1 Å². The van der Waals surface area contributed by atoms with E-state index in [1.807, 2.05) is 6.07 Å². The molecule has 0 saturated heterocycles. The minimum atomic E-state index is -0.468. The Kier molecular flexibility index (Phi) is 4.99. The first-order valence-electron chi connectivity index (χ1n) is 8.08. The van der Waals surface area contributed by atoms with Crippen molar-refractivity contribution in [2.45, 2.75) is 13.8 Å². The number of benzene rings is 2. The molecule has 0 radical (unpaired) electrons. The topological polar surface area (TPSA) is 153 Å². The number of nitriles is 1. The second kappa shape index (κ2) is 7.55. The number of aromatic nitrogens is 3. The molecule has 1 aromatic heterocycles. The number of nitro groups is 1. The fraction of sp³-hybridized carbons (Fsp3) is 0.111. The zero-order chi connectivity index (χ0) is 20.3. The predicted octanol–water partition coefficient (Wildman–Crippen LogP) is 3.39. The fourth-order valence-corrected chi connectivity index (χ4v) is 2.52. The minimum absolute atomic E-state index is 0.0271. The highest BCUT2D eigenvalue weighted by molar-refractivity contribution is 5.56. The molecule has 3 aromatic rings. The van der Waals surface area contributed by atoms with Crippen molar-refractivity contribution in [2.75, 3.05) is 11.1 Å². The molecule has 0 aliphatic rings. The van der Waals surface area contributed by atoms with Crippen LogP contribution in [0.4, 0.5) is 23.3 Å². The summed E-state index contributed by atoms with van der Waals surface area (Å²) in [5, 5.41) is 22.8. The van der Waals surface area contributed by atoms with E-state index in [2.05, 4.69) is 20.3 Å². The summed E-state index contributed by atoms with van der Waals surface area (Å²) >= 11 is 0. The van der Waals surface area contributed by atoms with Crippen molar-refractivity contribution >= 4 is 23.3 Å². The van der Waals surface area contributed by atoms with Gasteiger partial charge in [0.25, 0.3) is 5.69 Å². The first-order valence-corrected chi connectivity index (χ1v) is 8.08. The van der Waals surface area contributed by atoms with Crippen LogP contribution in [0.3, 0.4) is 0 Å². The van der Waals surface area contributed by atoms with Crippen LogP contribution in [0.15, 0.2) is 36.4 Å². The van der Waals surface area contributed by atoms with Gasteiger partial charge < -0.3 is 15.8 Å². The molecule has 0 amide bonds. The molecular formula is C18H15N7O3. The standard InChI is InChI=1S/C18H15N7O3/c1-10-7-14(25(26)27)8-11(2)15(10)28-18-23-16(20)22-17(24-18)21-13-5-3-12(9-19)4-6-13/h3-8H,1-2H3,(H3,20,21,22,23,24). The molecule has 10 nitrogen and oxygen atoms in total. The molecule has 0 aliphatic carbocycles. The molecule has 2 aromatic carbocycles. The summed E-state index contributed by atoms with van der Waals surface area (Å²) in [7, 11) is 0. The van der Waals surface area contributed by atoms with Crippen molar-refractivity contribution in [3.05, 3.63) is 63.2 Å². The van der Waals surface area contributed by atoms with Gasteiger partial charge in [0.05, 0.1) is 16.6 Å². The molecule has 28 heavy (non-hydrogen) atoms. The van der Waals surface area contributed by atoms with Crippen LogP contribution in [-0.2, 0) is 0 Å². The highest BCUT2D eigenvalue weighted by atomic mass is 16.6. The van der Waals surface area contributed by atoms with Crippen molar-refractivity contribution in [1.29, 1.82) is 5.26 Å². The first kappa shape index (κ1) is 18.5. The summed E-state index contributed by atoms with van der Waals surface area (Å²) in [6, 6.07) is 11.5. The van der Waals surface area contributed by atoms with Gasteiger partial charge >= 0.3 is 6.01 Å². The maximum Gasteiger partial charge on any atom is 0.328 e. The largest absolute Gasteiger partial charge is 0.424 e. The van der Waals surface area contributed by atoms with Crippen molar-refractivity contribution < 1.29 is 9.66 Å². The lowest BCUT2D eigenvalue weighted by molar-refractivity contribution is -0.385. The number of hydrogen-bond donors (Lipinski definition) is 2. The number of non-ortho nitro benzene ring substituents is 1. The molecule has 140 valence electrons. The minimum Gasteiger partial charge on any atom is -0.424 e. The van der Waals surface area contributed by atoms with Gasteiger partial charge in [-0.15, -0.1) is 0 Å². The lowest BCUT2D eigenvalue weighted by atomic mass is 10.1. The van der Waals surface area contributed by atoms with Gasteiger partial charge in [0.2, 0.25) is 11.9 Å². The normalized spacial score (nSPS) is 10.2. The Morgan fingerprint density at radius 1 is 1.14 bits per heavy atom. The number of hydrogen-bond acceptors (Lipinski definition) is 9. The molecule has 0 aliphatic heterocycles. The number of nitrogens with two attached hydrogens (primary N) is 1. The number of nitro benzene ring substituents is 1. The van der Waals surface area contributed by atoms with E-state index >= 15 is 0 Å². The zero-order valence-corrected chi connectivity index (χ0v) is 15.0. The van der Waals surface area contributed by atoms with Gasteiger partial charge in [0.15, 0.2) is 0 Å². The van der Waals surface area contributed by atoms with Crippen LogP contribution in [0.25, 0.3) is 0 Å². The maximum absolute atomic E-state index is 11.0. The molecular weight excluding hydrogens is 362 g/mol. The molecule has 0 atom stereocenters. The number of rotatable bonds is 5. The second-order valence-corrected chi connectivity index (χ2v) is 5.88. The summed E-state index contributed by atoms with van der Waals surface area (Å²) in [6.45, 7) is 3.38. The molecule has 0 saturated carbocycles. The van der Waals surface area contributed by atoms with E-state index in [-0.39, 0.29) is 23.6 Å². The van der Waals surface area contributed by atoms with Crippen molar-refractivity contribution in [3.8, 4) is 17.8 Å². The van der Waals surface area contributed by atoms with Crippen LogP contribution in [0.5, 0.6) is 11.8 Å². The summed E-state index contributed by atoms with van der Waals surface area (Å²) in [6.07, 6.45) is 0. The van der Waals surface area contributed by atoms with E-state index in [0.717, 1.165) is 0 Å². The number of anilines is 3. The van der Waals surface area contributed by atoms with Gasteiger partial charge in [-0.1, -0.05) is 0 Å². The van der Waals surface area contributed by atoms with Gasteiger partial charge in [0.1, 0.15) is 5.75 Å². The lowest BCUT2D eigenvalue weighted by Crippen LogP contribution is -2.06. The van der Waals surface area contributed by atoms with Crippen LogP contribution < -0.4 is 15.8 Å². The van der Waals surface area contributed by atoms with E-state index in [4.69, 9.17) is 15.7 Å². The highest BCUT2D eigenvalue weighted by Crippen LogP contribution is 2.31. The van der Waals surface area contributed by atoms with Gasteiger partial charge in [-0.25, -0.2) is 0 Å². The number of aryl methyl sites for hydroxylation is 2. The molecule has 0 spiro atoms. The Balaban J connectivity index is 1.87. The number of nitrogens with one attached hydrogen (secondary N) is 1. The van der Waals surface area contributed by atoms with Crippen LogP contribution in [0, 0.1) is 35.3 Å². The number of ether oxygens (including phenoxy) is 1. The van der Waals surface area contributed by atoms with Crippen molar-refractivity contribution in [2.24, 2.45) is 0 Å². The lowest BCUT2D eigenvalue weighted by Gasteiger charge is -2.11. The Bertz CT molecular complexity index is 1070. The molecule has 0 fully saturated rings. The molecule has 3 rings (SSSR count). The fourth-order valence-electron chi connectivity index (χ4n) is 2.52. The summed E-state index contributed by atoms with van der Waals surface area (Å²) in [5.74, 6) is 0.503. The Hall–Kier alpha value is -4.26. The summed E-state index contributed by atoms with van der Waals surface area (Å²) in [4.78, 5) is 22.6. The Labute approximate surface area is 159 Å². The monoisotopic (exact) mass is 377 g/mol. The zero-order valence-electron chi connectivity index (χ0n) is 15.0. The van der Waals surface area contributed by atoms with E-state index in [1.165, 1.54) is 12.1 Å². The van der Waals surface area contributed by atoms with Crippen LogP contribution >= 0.6 is 0 Å². The van der Waals surface area contributed by atoms with E-state index < -0.39 is 4.92 Å². The third-order valence-corrected chi connectivity index (χ3v) is 3.75. The molecule has 10 heteroatoms. The smallest absolute Gasteiger partial charge is 0.328 e. The number of nitrogens with zero attached hydrogens (tertiary/aromatic N) is 5. The van der Waals surface area contributed by atoms with Gasteiger partial charge in [-0.2, -0.15) is 20.2 Å². The van der Waals surface area contributed by atoms with Gasteiger partial charge in [-0.05, 0) is 49.2 Å². The quantitative estimate of drug-likeness (QED) is 0.503. The third-order valence-electron chi connectivity index (χ3n) is 3.75. The van der Waals surface area contributed by atoms with E-state index in [9.17, 15) is 10.1 Å². The SMILES string of the molecule is Cc1cc([N+](=O)[O-])cc(C)c1Oc1nc(N)nc(Nc2ccc(C#N)cc2)n1. The molecule has 0 bridgehead atoms. The molecule has 0 unspecified atom stereocenters. The van der Waals surface area contributed by atoms with Crippen LogP contribution in [-0.4, -0.2) is 19.9 Å². The van der Waals surface area contributed by atoms with E-state index in [0.29, 0.717) is 28.1 Å². The average molecular weight is 377 g/mol. The average Bonchev–Trinajstić information content (AvgIpc) is 2.64. The van der Waals surface area contributed by atoms with Gasteiger partial charge in [-0.3, -0.25) is 10.1 Å². The second-order valence-electron chi connectivity index (χ2n) is 5.88. The summed E-state index contributed by atoms with van der Waals surface area (Å²) in [5.41, 5.74) is 8.01. The predicted molar refractivity (Wildman–Crippen MR) is 101 cm³/mol. The van der Waals surface area contributed by atoms with Crippen LogP contribution in [0.2, 0.25) is 0 Å². The molecule has 1 heterocycles. The molecule has 3 N–H and O–H groups in total. The maximum atomic E-state index is 11.0. The van der Waals surface area contributed by atoms with Crippen molar-refractivity contribution in [3.63, 3.8) is 0 Å². The number of nitrogen functional groups attached to an aromatic ring is 1. The first-order chi connectivity index (χ1) is 13.4. The Morgan fingerprint density at radius 2 is 1.79 bits per heavy atom. The summed E-state index contributed by atoms with van der Waals surface area (Å²) < 4.78 is 5.72. The van der Waals surface area contributed by atoms with Crippen LogP contribution in [0.1, 0.15) is 16.7 Å². The Morgan fingerprint density at radius 3 is 2.36 bits per heavy atom. The van der Waals surface area contributed by atoms with Crippen molar-refractivity contribution in [1.82, 2.24) is 15.0 Å². The highest BCUT2D eigenvalue weighted by Gasteiger charge is 2.15. The third kappa shape index (κ3) is 4.10.